The Morgan fingerprint density at radius 2 is 1.89 bits per heavy atom. The molecule has 1 fully saturated rings. The topological polar surface area (TPSA) is 33.1 Å². The van der Waals surface area contributed by atoms with Crippen LogP contribution in [0.3, 0.4) is 0 Å². The van der Waals surface area contributed by atoms with Crippen molar-refractivity contribution in [2.45, 2.75) is 39.4 Å². The number of aryl methyl sites for hydroxylation is 2. The van der Waals surface area contributed by atoms with Crippen molar-refractivity contribution in [3.63, 3.8) is 0 Å². The van der Waals surface area contributed by atoms with Gasteiger partial charge in [0.05, 0.1) is 15.9 Å². The third-order valence-electron chi connectivity index (χ3n) is 3.27. The highest BCUT2D eigenvalue weighted by Crippen LogP contribution is 2.22. The smallest absolute Gasteiger partial charge is 0.0739 e. The number of rotatable bonds is 2. The standard InChI is InChI=1S/C12H21BrN4.ClH/c1-8-5-17(6-9(2)14-8)7-11-12(13)10(3)15-16(11)4;/h8-9,14H,5-7H2,1-4H3;1H. The Labute approximate surface area is 124 Å². The van der Waals surface area contributed by atoms with E-state index in [-0.39, 0.29) is 12.4 Å². The van der Waals surface area contributed by atoms with Crippen LogP contribution in [0.15, 0.2) is 4.47 Å². The third-order valence-corrected chi connectivity index (χ3v) is 4.30. The van der Waals surface area contributed by atoms with Crippen molar-refractivity contribution in [1.82, 2.24) is 20.0 Å². The summed E-state index contributed by atoms with van der Waals surface area (Å²) in [6.45, 7) is 9.69. The zero-order valence-electron chi connectivity index (χ0n) is 11.4. The normalized spacial score (nSPS) is 24.9. The molecule has 0 saturated carbocycles. The van der Waals surface area contributed by atoms with Gasteiger partial charge in [0.1, 0.15) is 0 Å². The van der Waals surface area contributed by atoms with Crippen LogP contribution in [0.5, 0.6) is 0 Å². The van der Waals surface area contributed by atoms with Crippen molar-refractivity contribution >= 4 is 28.3 Å². The Hall–Kier alpha value is -0.100. The lowest BCUT2D eigenvalue weighted by Gasteiger charge is -2.36. The number of hydrogen-bond acceptors (Lipinski definition) is 3. The number of halogens is 2. The molecule has 2 rings (SSSR count). The molecule has 1 aromatic rings. The number of nitrogens with one attached hydrogen (secondary N) is 1. The van der Waals surface area contributed by atoms with Crippen molar-refractivity contribution in [2.75, 3.05) is 13.1 Å². The number of piperazine rings is 1. The van der Waals surface area contributed by atoms with E-state index in [4.69, 9.17) is 0 Å². The van der Waals surface area contributed by atoms with Gasteiger partial charge >= 0.3 is 0 Å². The minimum absolute atomic E-state index is 0. The van der Waals surface area contributed by atoms with Gasteiger partial charge < -0.3 is 5.32 Å². The summed E-state index contributed by atoms with van der Waals surface area (Å²) >= 11 is 3.63. The second-order valence-electron chi connectivity index (χ2n) is 5.13. The molecule has 1 aliphatic heterocycles. The van der Waals surface area contributed by atoms with Gasteiger partial charge in [-0.05, 0) is 36.7 Å². The van der Waals surface area contributed by atoms with Crippen LogP contribution >= 0.6 is 28.3 Å². The van der Waals surface area contributed by atoms with Gasteiger partial charge in [0.15, 0.2) is 0 Å². The third kappa shape index (κ3) is 3.47. The van der Waals surface area contributed by atoms with E-state index < -0.39 is 0 Å². The molecular weight excluding hydrogens is 316 g/mol. The summed E-state index contributed by atoms with van der Waals surface area (Å²) < 4.78 is 3.13. The molecule has 0 spiro atoms. The fourth-order valence-electron chi connectivity index (χ4n) is 2.63. The first kappa shape index (κ1) is 16.0. The van der Waals surface area contributed by atoms with E-state index in [1.807, 2.05) is 18.7 Å². The van der Waals surface area contributed by atoms with Crippen LogP contribution in [0.25, 0.3) is 0 Å². The number of aromatic nitrogens is 2. The van der Waals surface area contributed by atoms with Crippen LogP contribution in [0.2, 0.25) is 0 Å². The van der Waals surface area contributed by atoms with Crippen LogP contribution < -0.4 is 5.32 Å². The monoisotopic (exact) mass is 336 g/mol. The van der Waals surface area contributed by atoms with E-state index in [2.05, 4.69) is 45.1 Å². The Morgan fingerprint density at radius 1 is 1.33 bits per heavy atom. The van der Waals surface area contributed by atoms with E-state index in [9.17, 15) is 0 Å². The van der Waals surface area contributed by atoms with Crippen molar-refractivity contribution in [3.05, 3.63) is 15.9 Å². The minimum atomic E-state index is 0. The van der Waals surface area contributed by atoms with Crippen molar-refractivity contribution in [3.8, 4) is 0 Å². The van der Waals surface area contributed by atoms with Gasteiger partial charge in [-0.3, -0.25) is 9.58 Å². The quantitative estimate of drug-likeness (QED) is 0.897. The maximum absolute atomic E-state index is 4.44. The predicted molar refractivity (Wildman–Crippen MR) is 80.2 cm³/mol. The van der Waals surface area contributed by atoms with Crippen LogP contribution in [0, 0.1) is 6.92 Å². The minimum Gasteiger partial charge on any atom is -0.309 e. The largest absolute Gasteiger partial charge is 0.309 e. The predicted octanol–water partition coefficient (Wildman–Crippen LogP) is 2.10. The van der Waals surface area contributed by atoms with Crippen LogP contribution in [-0.2, 0) is 13.6 Å². The molecule has 0 radical (unpaired) electrons. The lowest BCUT2D eigenvalue weighted by Crippen LogP contribution is -2.53. The summed E-state index contributed by atoms with van der Waals surface area (Å²) in [6, 6.07) is 1.12. The lowest BCUT2D eigenvalue weighted by atomic mass is 10.1. The first-order valence-corrected chi connectivity index (χ1v) is 6.93. The summed E-state index contributed by atoms with van der Waals surface area (Å²) in [4.78, 5) is 2.49. The Kier molecular flexibility index (Phi) is 5.65. The Balaban J connectivity index is 0.00000162. The molecule has 1 saturated heterocycles. The molecule has 2 heterocycles. The maximum atomic E-state index is 4.44. The van der Waals surface area contributed by atoms with Crippen molar-refractivity contribution < 1.29 is 0 Å². The molecule has 1 aliphatic rings. The van der Waals surface area contributed by atoms with Gasteiger partial charge in [-0.25, -0.2) is 0 Å². The van der Waals surface area contributed by atoms with Crippen LogP contribution in [0.1, 0.15) is 25.2 Å². The molecular formula is C12H22BrClN4. The van der Waals surface area contributed by atoms with Gasteiger partial charge in [0.2, 0.25) is 0 Å². The average molecular weight is 338 g/mol. The first-order chi connectivity index (χ1) is 7.97. The Bertz CT molecular complexity index is 397. The molecule has 0 amide bonds. The van der Waals surface area contributed by atoms with Gasteiger partial charge in [-0.2, -0.15) is 5.10 Å². The fourth-order valence-corrected chi connectivity index (χ4v) is 3.09. The SMILES string of the molecule is Cc1nn(C)c(CN2CC(C)NC(C)C2)c1Br.Cl. The molecule has 1 aromatic heterocycles. The Morgan fingerprint density at radius 3 is 2.33 bits per heavy atom. The summed E-state index contributed by atoms with van der Waals surface area (Å²) in [6.07, 6.45) is 0. The van der Waals surface area contributed by atoms with Gasteiger partial charge in [-0.15, -0.1) is 12.4 Å². The second kappa shape index (κ2) is 6.37. The summed E-state index contributed by atoms with van der Waals surface area (Å²) in [7, 11) is 2.02. The summed E-state index contributed by atoms with van der Waals surface area (Å²) in [5, 5.41) is 8.00. The van der Waals surface area contributed by atoms with Gasteiger partial charge in [-0.1, -0.05) is 0 Å². The van der Waals surface area contributed by atoms with Crippen LogP contribution in [0.4, 0.5) is 0 Å². The highest BCUT2D eigenvalue weighted by molar-refractivity contribution is 9.10. The molecule has 2 atom stereocenters. The second-order valence-corrected chi connectivity index (χ2v) is 5.93. The fraction of sp³-hybridized carbons (Fsp3) is 0.750. The van der Waals surface area contributed by atoms with E-state index >= 15 is 0 Å². The van der Waals surface area contributed by atoms with E-state index in [1.54, 1.807) is 0 Å². The molecule has 0 aromatic carbocycles. The number of hydrogen-bond donors (Lipinski definition) is 1. The molecule has 104 valence electrons. The summed E-state index contributed by atoms with van der Waals surface area (Å²) in [5.41, 5.74) is 2.34. The van der Waals surface area contributed by atoms with E-state index in [0.717, 1.165) is 29.8 Å². The van der Waals surface area contributed by atoms with E-state index in [0.29, 0.717) is 12.1 Å². The molecule has 18 heavy (non-hydrogen) atoms. The molecule has 1 N–H and O–H groups in total. The van der Waals surface area contributed by atoms with Gasteiger partial charge in [0, 0.05) is 38.8 Å². The van der Waals surface area contributed by atoms with Crippen LogP contribution in [-0.4, -0.2) is 39.9 Å². The van der Waals surface area contributed by atoms with Gasteiger partial charge in [0.25, 0.3) is 0 Å². The van der Waals surface area contributed by atoms with Crippen molar-refractivity contribution in [1.29, 1.82) is 0 Å². The van der Waals surface area contributed by atoms with E-state index in [1.165, 1.54) is 5.69 Å². The molecule has 6 heteroatoms. The number of nitrogens with zero attached hydrogens (tertiary/aromatic N) is 3. The molecule has 0 aliphatic carbocycles. The highest BCUT2D eigenvalue weighted by Gasteiger charge is 2.23. The highest BCUT2D eigenvalue weighted by atomic mass is 79.9. The zero-order chi connectivity index (χ0) is 12.6. The lowest BCUT2D eigenvalue weighted by molar-refractivity contribution is 0.163. The first-order valence-electron chi connectivity index (χ1n) is 6.13. The van der Waals surface area contributed by atoms with Crippen molar-refractivity contribution in [2.24, 2.45) is 7.05 Å². The molecule has 2 unspecified atom stereocenters. The molecule has 4 nitrogen and oxygen atoms in total. The average Bonchev–Trinajstić information content (AvgIpc) is 2.44. The summed E-state index contributed by atoms with van der Waals surface area (Å²) in [5.74, 6) is 0. The molecule has 0 bridgehead atoms. The maximum Gasteiger partial charge on any atom is 0.0739 e. The zero-order valence-corrected chi connectivity index (χ0v) is 13.8.